The molecule has 1 heterocycles. The largest absolute Gasteiger partial charge is 0.496 e. The second-order valence-electron chi connectivity index (χ2n) is 4.90. The van der Waals surface area contributed by atoms with E-state index in [0.717, 1.165) is 12.8 Å². The van der Waals surface area contributed by atoms with Gasteiger partial charge >= 0.3 is 0 Å². The van der Waals surface area contributed by atoms with Crippen LogP contribution in [0.1, 0.15) is 23.2 Å². The van der Waals surface area contributed by atoms with Crippen LogP contribution >= 0.6 is 23.2 Å². The summed E-state index contributed by atoms with van der Waals surface area (Å²) in [5.41, 5.74) is 0.505. The predicted molar refractivity (Wildman–Crippen MR) is 83.6 cm³/mol. The van der Waals surface area contributed by atoms with Crippen molar-refractivity contribution in [2.24, 2.45) is 0 Å². The van der Waals surface area contributed by atoms with Crippen LogP contribution in [0.4, 0.5) is 0 Å². The Morgan fingerprint density at radius 1 is 1.38 bits per heavy atom. The summed E-state index contributed by atoms with van der Waals surface area (Å²) in [5, 5.41) is 0.527. The van der Waals surface area contributed by atoms with Crippen LogP contribution in [0.5, 0.6) is 5.75 Å². The minimum atomic E-state index is -0.0508. The summed E-state index contributed by atoms with van der Waals surface area (Å²) < 4.78 is 10.9. The van der Waals surface area contributed by atoms with E-state index in [-0.39, 0.29) is 12.0 Å². The number of alkyl halides is 1. The smallest absolute Gasteiger partial charge is 0.257 e. The Morgan fingerprint density at radius 3 is 2.71 bits per heavy atom. The summed E-state index contributed by atoms with van der Waals surface area (Å²) in [6, 6.07) is 5.08. The van der Waals surface area contributed by atoms with Gasteiger partial charge in [0.15, 0.2) is 0 Å². The van der Waals surface area contributed by atoms with Gasteiger partial charge in [0.1, 0.15) is 5.75 Å². The first-order valence-corrected chi connectivity index (χ1v) is 7.87. The van der Waals surface area contributed by atoms with Gasteiger partial charge in [-0.15, -0.1) is 11.6 Å². The van der Waals surface area contributed by atoms with Gasteiger partial charge in [-0.3, -0.25) is 4.79 Å². The van der Waals surface area contributed by atoms with Crippen LogP contribution in [0.3, 0.4) is 0 Å². The summed E-state index contributed by atoms with van der Waals surface area (Å²) in [7, 11) is 1.55. The number of likely N-dealkylation sites (tertiary alicyclic amines) is 1. The Balaban J connectivity index is 2.00. The fourth-order valence-electron chi connectivity index (χ4n) is 2.45. The van der Waals surface area contributed by atoms with E-state index in [0.29, 0.717) is 41.9 Å². The molecular formula is C15H19Cl2NO3. The van der Waals surface area contributed by atoms with E-state index >= 15 is 0 Å². The first-order valence-electron chi connectivity index (χ1n) is 6.96. The molecule has 0 spiro atoms. The molecule has 116 valence electrons. The maximum absolute atomic E-state index is 12.6. The number of rotatable bonds is 5. The van der Waals surface area contributed by atoms with Crippen molar-refractivity contribution in [3.63, 3.8) is 0 Å². The molecule has 0 radical (unpaired) electrons. The van der Waals surface area contributed by atoms with Crippen LogP contribution in [0.15, 0.2) is 18.2 Å². The van der Waals surface area contributed by atoms with Crippen molar-refractivity contribution >= 4 is 29.1 Å². The number of hydrogen-bond donors (Lipinski definition) is 0. The van der Waals surface area contributed by atoms with E-state index in [1.54, 1.807) is 25.3 Å². The van der Waals surface area contributed by atoms with Crippen molar-refractivity contribution in [2.75, 3.05) is 32.7 Å². The Hall–Kier alpha value is -0.970. The van der Waals surface area contributed by atoms with Gasteiger partial charge in [-0.1, -0.05) is 11.6 Å². The molecule has 0 bridgehead atoms. The molecule has 1 saturated heterocycles. The molecule has 0 aliphatic carbocycles. The van der Waals surface area contributed by atoms with Crippen LogP contribution < -0.4 is 4.74 Å². The Kier molecular flexibility index (Phi) is 6.15. The molecule has 1 aliphatic heterocycles. The maximum Gasteiger partial charge on any atom is 0.257 e. The number of methoxy groups -OCH3 is 1. The molecule has 0 atom stereocenters. The predicted octanol–water partition coefficient (Wildman–Crippen LogP) is 3.21. The molecule has 1 amide bonds. The Labute approximate surface area is 134 Å². The second kappa shape index (κ2) is 7.87. The number of carbonyl (C=O) groups excluding carboxylic acids is 1. The van der Waals surface area contributed by atoms with Gasteiger partial charge in [0.05, 0.1) is 25.4 Å². The number of nitrogens with zero attached hydrogens (tertiary/aromatic N) is 1. The summed E-state index contributed by atoms with van der Waals surface area (Å²) in [5.74, 6) is 0.994. The first-order chi connectivity index (χ1) is 10.2. The Bertz CT molecular complexity index is 488. The van der Waals surface area contributed by atoms with Crippen LogP contribution in [-0.4, -0.2) is 49.6 Å². The molecule has 2 rings (SSSR count). The third kappa shape index (κ3) is 4.25. The number of benzene rings is 1. The van der Waals surface area contributed by atoms with Gasteiger partial charge in [0.2, 0.25) is 0 Å². The average Bonchev–Trinajstić information content (AvgIpc) is 2.52. The molecule has 1 fully saturated rings. The summed E-state index contributed by atoms with van der Waals surface area (Å²) in [6.45, 7) is 1.89. The lowest BCUT2D eigenvalue weighted by atomic mass is 10.1. The molecule has 0 saturated carbocycles. The molecule has 0 unspecified atom stereocenters. The topological polar surface area (TPSA) is 38.8 Å². The normalized spacial score (nSPS) is 16.0. The van der Waals surface area contributed by atoms with E-state index in [9.17, 15) is 4.79 Å². The van der Waals surface area contributed by atoms with Crippen molar-refractivity contribution in [2.45, 2.75) is 18.9 Å². The molecule has 4 nitrogen and oxygen atoms in total. The summed E-state index contributed by atoms with van der Waals surface area (Å²) >= 11 is 11.6. The average molecular weight is 332 g/mol. The molecule has 1 aliphatic rings. The maximum atomic E-state index is 12.6. The van der Waals surface area contributed by atoms with E-state index in [1.165, 1.54) is 0 Å². The zero-order valence-corrected chi connectivity index (χ0v) is 13.5. The molecule has 1 aromatic carbocycles. The fraction of sp³-hybridized carbons (Fsp3) is 0.533. The molecule has 0 aromatic heterocycles. The van der Waals surface area contributed by atoms with Crippen molar-refractivity contribution in [1.82, 2.24) is 4.90 Å². The number of ether oxygens (including phenoxy) is 2. The van der Waals surface area contributed by atoms with Gasteiger partial charge in [0, 0.05) is 24.0 Å². The molecule has 1 aromatic rings. The second-order valence-corrected chi connectivity index (χ2v) is 5.71. The lowest BCUT2D eigenvalue weighted by molar-refractivity contribution is 0.0153. The molecular weight excluding hydrogens is 313 g/mol. The first kappa shape index (κ1) is 16.4. The van der Waals surface area contributed by atoms with Crippen LogP contribution in [-0.2, 0) is 4.74 Å². The third-order valence-corrected chi connectivity index (χ3v) is 3.94. The van der Waals surface area contributed by atoms with Crippen molar-refractivity contribution < 1.29 is 14.3 Å². The van der Waals surface area contributed by atoms with Crippen LogP contribution in [0.25, 0.3) is 0 Å². The SMILES string of the molecule is COc1ccc(Cl)cc1C(=O)N1CCC(OCCCl)CC1. The van der Waals surface area contributed by atoms with Gasteiger partial charge in [-0.25, -0.2) is 0 Å². The zero-order chi connectivity index (χ0) is 15.2. The number of carbonyl (C=O) groups is 1. The highest BCUT2D eigenvalue weighted by molar-refractivity contribution is 6.31. The highest BCUT2D eigenvalue weighted by Gasteiger charge is 2.25. The van der Waals surface area contributed by atoms with Gasteiger partial charge < -0.3 is 14.4 Å². The van der Waals surface area contributed by atoms with E-state index in [1.807, 2.05) is 4.90 Å². The lowest BCUT2D eigenvalue weighted by Crippen LogP contribution is -2.41. The number of halogens is 2. The summed E-state index contributed by atoms with van der Waals surface area (Å²) in [4.78, 5) is 14.4. The van der Waals surface area contributed by atoms with Gasteiger partial charge in [-0.05, 0) is 31.0 Å². The van der Waals surface area contributed by atoms with Crippen molar-refractivity contribution in [3.05, 3.63) is 28.8 Å². The molecule has 6 heteroatoms. The van der Waals surface area contributed by atoms with E-state index in [2.05, 4.69) is 0 Å². The minimum Gasteiger partial charge on any atom is -0.496 e. The summed E-state index contributed by atoms with van der Waals surface area (Å²) in [6.07, 6.45) is 1.84. The number of hydrogen-bond acceptors (Lipinski definition) is 3. The molecule has 21 heavy (non-hydrogen) atoms. The number of piperidine rings is 1. The van der Waals surface area contributed by atoms with Crippen molar-refractivity contribution in [3.8, 4) is 5.75 Å². The number of amides is 1. The monoisotopic (exact) mass is 331 g/mol. The van der Waals surface area contributed by atoms with E-state index in [4.69, 9.17) is 32.7 Å². The highest BCUT2D eigenvalue weighted by atomic mass is 35.5. The standard InChI is InChI=1S/C15H19Cl2NO3/c1-20-14-3-2-11(17)10-13(14)15(19)18-7-4-12(5-8-18)21-9-6-16/h2-3,10,12H,4-9H2,1H3. The van der Waals surface area contributed by atoms with Crippen molar-refractivity contribution in [1.29, 1.82) is 0 Å². The zero-order valence-electron chi connectivity index (χ0n) is 12.0. The molecule has 0 N–H and O–H groups in total. The lowest BCUT2D eigenvalue weighted by Gasteiger charge is -2.32. The fourth-order valence-corrected chi connectivity index (χ4v) is 2.72. The Morgan fingerprint density at radius 2 is 2.10 bits per heavy atom. The van der Waals surface area contributed by atoms with Gasteiger partial charge in [-0.2, -0.15) is 0 Å². The van der Waals surface area contributed by atoms with Crippen LogP contribution in [0.2, 0.25) is 5.02 Å². The van der Waals surface area contributed by atoms with Crippen LogP contribution in [0, 0.1) is 0 Å². The third-order valence-electron chi connectivity index (χ3n) is 3.55. The highest BCUT2D eigenvalue weighted by Crippen LogP contribution is 2.25. The quantitative estimate of drug-likeness (QED) is 0.777. The minimum absolute atomic E-state index is 0.0508. The van der Waals surface area contributed by atoms with E-state index < -0.39 is 0 Å². The van der Waals surface area contributed by atoms with Gasteiger partial charge in [0.25, 0.3) is 5.91 Å².